The molecule has 3 aromatic carbocycles. The van der Waals surface area contributed by atoms with Gasteiger partial charge in [-0.1, -0.05) is 48.5 Å². The molecule has 0 bridgehead atoms. The van der Waals surface area contributed by atoms with E-state index < -0.39 is 29.9 Å². The van der Waals surface area contributed by atoms with Crippen molar-refractivity contribution in [1.82, 2.24) is 5.32 Å². The van der Waals surface area contributed by atoms with Gasteiger partial charge in [-0.2, -0.15) is 0 Å². The molecule has 0 aliphatic heterocycles. The van der Waals surface area contributed by atoms with Crippen LogP contribution >= 0.6 is 0 Å². The van der Waals surface area contributed by atoms with Crippen LogP contribution in [0.4, 0.5) is 5.69 Å². The number of esters is 1. The van der Waals surface area contributed by atoms with E-state index in [1.54, 1.807) is 24.3 Å². The summed E-state index contributed by atoms with van der Waals surface area (Å²) in [5.74, 6) is -0.356. The molecule has 0 aliphatic carbocycles. The zero-order chi connectivity index (χ0) is 25.0. The van der Waals surface area contributed by atoms with Gasteiger partial charge in [0.05, 0.1) is 13.2 Å². The molecule has 1 unspecified atom stereocenters. The summed E-state index contributed by atoms with van der Waals surface area (Å²) in [6, 6.07) is 24.6. The lowest BCUT2D eigenvalue weighted by Gasteiger charge is -2.21. The Bertz CT molecular complexity index is 1100. The van der Waals surface area contributed by atoms with Gasteiger partial charge in [-0.25, -0.2) is 0 Å². The van der Waals surface area contributed by atoms with Crippen LogP contribution in [0, 0.1) is 0 Å². The van der Waals surface area contributed by atoms with Crippen molar-refractivity contribution in [3.05, 3.63) is 90.5 Å². The molecule has 8 heteroatoms. The summed E-state index contributed by atoms with van der Waals surface area (Å²) in [6.07, 6.45) is -1.05. The van der Waals surface area contributed by atoms with Gasteiger partial charge in [0.25, 0.3) is 5.91 Å². The van der Waals surface area contributed by atoms with Gasteiger partial charge in [0.15, 0.2) is 6.10 Å². The Morgan fingerprint density at radius 3 is 2.03 bits per heavy atom. The predicted molar refractivity (Wildman–Crippen MR) is 131 cm³/mol. The number of benzene rings is 3. The lowest BCUT2D eigenvalue weighted by Crippen LogP contribution is -2.50. The molecule has 2 amide bonds. The van der Waals surface area contributed by atoms with Crippen molar-refractivity contribution in [2.75, 3.05) is 11.9 Å². The summed E-state index contributed by atoms with van der Waals surface area (Å²) in [7, 11) is 0. The SMILES string of the molecule is CC(=O)O[C@@H](C)C(=O)NC(COCc1ccccc1)C(=O)Nc1ccc(Oc2ccccc2)cc1. The summed E-state index contributed by atoms with van der Waals surface area (Å²) >= 11 is 0. The summed E-state index contributed by atoms with van der Waals surface area (Å²) in [5, 5.41) is 5.36. The lowest BCUT2D eigenvalue weighted by molar-refractivity contribution is -0.153. The Morgan fingerprint density at radius 2 is 1.40 bits per heavy atom. The van der Waals surface area contributed by atoms with Crippen LogP contribution < -0.4 is 15.4 Å². The fraction of sp³-hybridized carbons (Fsp3) is 0.222. The van der Waals surface area contributed by atoms with Crippen molar-refractivity contribution < 1.29 is 28.6 Å². The average molecular weight is 477 g/mol. The topological polar surface area (TPSA) is 103 Å². The van der Waals surface area contributed by atoms with Crippen LogP contribution in [0.15, 0.2) is 84.9 Å². The monoisotopic (exact) mass is 476 g/mol. The molecule has 3 rings (SSSR count). The van der Waals surface area contributed by atoms with Gasteiger partial charge in [-0.3, -0.25) is 14.4 Å². The van der Waals surface area contributed by atoms with Crippen LogP contribution in [0.25, 0.3) is 0 Å². The van der Waals surface area contributed by atoms with Crippen LogP contribution in [-0.4, -0.2) is 36.5 Å². The van der Waals surface area contributed by atoms with Crippen molar-refractivity contribution in [2.45, 2.75) is 32.6 Å². The summed E-state index contributed by atoms with van der Waals surface area (Å²) in [5.41, 5.74) is 1.45. The third kappa shape index (κ3) is 8.60. The molecule has 182 valence electrons. The number of para-hydroxylation sites is 1. The van der Waals surface area contributed by atoms with Crippen LogP contribution in [0.5, 0.6) is 11.5 Å². The van der Waals surface area contributed by atoms with Gasteiger partial charge in [-0.15, -0.1) is 0 Å². The van der Waals surface area contributed by atoms with E-state index in [1.165, 1.54) is 13.8 Å². The first-order valence-corrected chi connectivity index (χ1v) is 11.1. The molecular weight excluding hydrogens is 448 g/mol. The van der Waals surface area contributed by atoms with Gasteiger partial charge < -0.3 is 24.8 Å². The summed E-state index contributed by atoms with van der Waals surface area (Å²) in [6.45, 7) is 2.84. The molecule has 0 aromatic heterocycles. The smallest absolute Gasteiger partial charge is 0.303 e. The van der Waals surface area contributed by atoms with Crippen molar-refractivity contribution in [2.24, 2.45) is 0 Å². The van der Waals surface area contributed by atoms with Gasteiger partial charge in [0.2, 0.25) is 5.91 Å². The number of carbonyl (C=O) groups excluding carboxylic acids is 3. The number of nitrogens with one attached hydrogen (secondary N) is 2. The number of rotatable bonds is 11. The van der Waals surface area contributed by atoms with E-state index in [9.17, 15) is 14.4 Å². The van der Waals surface area contributed by atoms with E-state index in [2.05, 4.69) is 10.6 Å². The Hall–Kier alpha value is -4.17. The Balaban J connectivity index is 1.62. The van der Waals surface area contributed by atoms with Crippen molar-refractivity contribution in [1.29, 1.82) is 0 Å². The van der Waals surface area contributed by atoms with E-state index in [1.807, 2.05) is 60.7 Å². The molecule has 0 saturated carbocycles. The molecule has 2 atom stereocenters. The highest BCUT2D eigenvalue weighted by Crippen LogP contribution is 2.22. The number of ether oxygens (including phenoxy) is 3. The third-order valence-electron chi connectivity index (χ3n) is 4.84. The highest BCUT2D eigenvalue weighted by Gasteiger charge is 2.25. The second-order valence-corrected chi connectivity index (χ2v) is 7.74. The van der Waals surface area contributed by atoms with Crippen LogP contribution in [-0.2, 0) is 30.5 Å². The second kappa shape index (κ2) is 12.9. The highest BCUT2D eigenvalue weighted by atomic mass is 16.5. The van der Waals surface area contributed by atoms with E-state index in [4.69, 9.17) is 14.2 Å². The highest BCUT2D eigenvalue weighted by molar-refractivity contribution is 5.98. The zero-order valence-electron chi connectivity index (χ0n) is 19.6. The molecule has 8 nitrogen and oxygen atoms in total. The predicted octanol–water partition coefficient (Wildman–Crippen LogP) is 4.07. The van der Waals surface area contributed by atoms with Crippen LogP contribution in [0.1, 0.15) is 19.4 Å². The molecular formula is C27H28N2O6. The fourth-order valence-corrected chi connectivity index (χ4v) is 3.10. The van der Waals surface area contributed by atoms with Crippen LogP contribution in [0.2, 0.25) is 0 Å². The lowest BCUT2D eigenvalue weighted by atomic mass is 10.2. The molecule has 3 aromatic rings. The maximum Gasteiger partial charge on any atom is 0.303 e. The van der Waals surface area contributed by atoms with E-state index in [-0.39, 0.29) is 13.2 Å². The van der Waals surface area contributed by atoms with Gasteiger partial charge >= 0.3 is 5.97 Å². The molecule has 0 saturated heterocycles. The molecule has 0 spiro atoms. The Morgan fingerprint density at radius 1 is 0.800 bits per heavy atom. The molecule has 35 heavy (non-hydrogen) atoms. The normalized spacial score (nSPS) is 12.2. The quantitative estimate of drug-likeness (QED) is 0.405. The number of hydrogen-bond acceptors (Lipinski definition) is 6. The third-order valence-corrected chi connectivity index (χ3v) is 4.84. The molecule has 0 fully saturated rings. The molecule has 0 radical (unpaired) electrons. The standard InChI is InChI=1S/C27H28N2O6/c1-19(34-20(2)30)26(31)29-25(18-33-17-21-9-5-3-6-10-21)27(32)28-22-13-15-24(16-14-22)35-23-11-7-4-8-12-23/h3-16,19,25H,17-18H2,1-2H3,(H,28,32)(H,29,31)/t19-,25?/m0/s1. The van der Waals surface area contributed by atoms with Gasteiger partial charge in [-0.05, 0) is 48.9 Å². The first-order chi connectivity index (χ1) is 16.9. The summed E-state index contributed by atoms with van der Waals surface area (Å²) < 4.78 is 16.4. The van der Waals surface area contributed by atoms with E-state index >= 15 is 0 Å². The number of amides is 2. The second-order valence-electron chi connectivity index (χ2n) is 7.74. The average Bonchev–Trinajstić information content (AvgIpc) is 2.85. The maximum atomic E-state index is 13.0. The Labute approximate surface area is 204 Å². The maximum absolute atomic E-state index is 13.0. The first-order valence-electron chi connectivity index (χ1n) is 11.1. The first kappa shape index (κ1) is 25.5. The van der Waals surface area contributed by atoms with Crippen molar-refractivity contribution in [3.63, 3.8) is 0 Å². The molecule has 0 heterocycles. The minimum atomic E-state index is -1.05. The minimum Gasteiger partial charge on any atom is -0.457 e. The summed E-state index contributed by atoms with van der Waals surface area (Å²) in [4.78, 5) is 36.6. The number of anilines is 1. The van der Waals surface area contributed by atoms with E-state index in [0.29, 0.717) is 17.2 Å². The number of carbonyl (C=O) groups is 3. The van der Waals surface area contributed by atoms with Crippen LogP contribution in [0.3, 0.4) is 0 Å². The molecule has 0 aliphatic rings. The van der Waals surface area contributed by atoms with Gasteiger partial charge in [0.1, 0.15) is 17.5 Å². The number of hydrogen-bond donors (Lipinski definition) is 2. The van der Waals surface area contributed by atoms with E-state index in [0.717, 1.165) is 5.56 Å². The largest absolute Gasteiger partial charge is 0.457 e. The van der Waals surface area contributed by atoms with Crippen molar-refractivity contribution >= 4 is 23.5 Å². The Kier molecular flexibility index (Phi) is 9.39. The van der Waals surface area contributed by atoms with Crippen molar-refractivity contribution in [3.8, 4) is 11.5 Å². The zero-order valence-corrected chi connectivity index (χ0v) is 19.6. The fourth-order valence-electron chi connectivity index (χ4n) is 3.10. The minimum absolute atomic E-state index is 0.0749. The van der Waals surface area contributed by atoms with Gasteiger partial charge in [0, 0.05) is 12.6 Å². The molecule has 2 N–H and O–H groups in total.